The molecule has 3 N–H and O–H groups in total. The van der Waals surface area contributed by atoms with Crippen molar-refractivity contribution in [1.82, 2.24) is 9.88 Å². The van der Waals surface area contributed by atoms with Crippen LogP contribution in [0.3, 0.4) is 0 Å². The van der Waals surface area contributed by atoms with Gasteiger partial charge in [0, 0.05) is 25.4 Å². The summed E-state index contributed by atoms with van der Waals surface area (Å²) in [7, 11) is 1.61. The van der Waals surface area contributed by atoms with E-state index in [1.54, 1.807) is 24.3 Å². The van der Waals surface area contributed by atoms with E-state index in [4.69, 9.17) is 10.5 Å². The number of carbonyl (C=O) groups excluding carboxylic acids is 1. The van der Waals surface area contributed by atoms with Crippen LogP contribution in [0, 0.1) is 0 Å². The van der Waals surface area contributed by atoms with E-state index in [2.05, 4.69) is 4.98 Å². The van der Waals surface area contributed by atoms with Gasteiger partial charge >= 0.3 is 0 Å². The molecule has 1 amide bonds. The Labute approximate surface area is 140 Å². The van der Waals surface area contributed by atoms with Crippen LogP contribution in [0.1, 0.15) is 16.8 Å². The quantitative estimate of drug-likeness (QED) is 0.889. The van der Waals surface area contributed by atoms with Crippen molar-refractivity contribution in [3.63, 3.8) is 0 Å². The number of ether oxygens (including phenoxy) is 1. The van der Waals surface area contributed by atoms with E-state index in [0.29, 0.717) is 29.9 Å². The molecule has 0 spiro atoms. The van der Waals surface area contributed by atoms with E-state index in [0.717, 1.165) is 5.56 Å². The molecule has 0 radical (unpaired) electrons. The van der Waals surface area contributed by atoms with Crippen molar-refractivity contribution in [1.29, 1.82) is 0 Å². The predicted molar refractivity (Wildman–Crippen MR) is 91.4 cm³/mol. The van der Waals surface area contributed by atoms with E-state index in [1.165, 1.54) is 0 Å². The Morgan fingerprint density at radius 2 is 2.12 bits per heavy atom. The second-order valence-corrected chi connectivity index (χ2v) is 5.87. The minimum absolute atomic E-state index is 0.0669. The fourth-order valence-corrected chi connectivity index (χ4v) is 3.11. The predicted octanol–water partition coefficient (Wildman–Crippen LogP) is 1.55. The molecule has 1 aliphatic rings. The van der Waals surface area contributed by atoms with E-state index >= 15 is 0 Å². The van der Waals surface area contributed by atoms with Gasteiger partial charge in [-0.3, -0.25) is 9.78 Å². The van der Waals surface area contributed by atoms with Gasteiger partial charge < -0.3 is 20.5 Å². The van der Waals surface area contributed by atoms with Gasteiger partial charge in [0.1, 0.15) is 0 Å². The van der Waals surface area contributed by atoms with Crippen LogP contribution >= 0.6 is 0 Å². The fourth-order valence-electron chi connectivity index (χ4n) is 3.11. The zero-order valence-electron chi connectivity index (χ0n) is 13.6. The van der Waals surface area contributed by atoms with E-state index in [1.807, 2.05) is 30.3 Å². The SMILES string of the molecule is CO[C@@H]1C[C@@H](CO)N(C(=O)c2ccnc(-c3ccccc3)c2N)C1. The second-order valence-electron chi connectivity index (χ2n) is 5.87. The number of anilines is 1. The topological polar surface area (TPSA) is 88.7 Å². The van der Waals surface area contributed by atoms with Crippen molar-refractivity contribution >= 4 is 11.6 Å². The van der Waals surface area contributed by atoms with Crippen LogP contribution in [0.2, 0.25) is 0 Å². The Morgan fingerprint density at radius 3 is 2.79 bits per heavy atom. The van der Waals surface area contributed by atoms with E-state index in [-0.39, 0.29) is 24.7 Å². The Kier molecular flexibility index (Phi) is 4.78. The largest absolute Gasteiger partial charge is 0.396 e. The van der Waals surface area contributed by atoms with Gasteiger partial charge in [-0.2, -0.15) is 0 Å². The van der Waals surface area contributed by atoms with Gasteiger partial charge in [0.25, 0.3) is 5.91 Å². The number of aromatic nitrogens is 1. The highest BCUT2D eigenvalue weighted by Crippen LogP contribution is 2.29. The lowest BCUT2D eigenvalue weighted by Gasteiger charge is -2.23. The maximum atomic E-state index is 12.9. The highest BCUT2D eigenvalue weighted by Gasteiger charge is 2.36. The monoisotopic (exact) mass is 327 g/mol. The Bertz CT molecular complexity index is 721. The molecular weight excluding hydrogens is 306 g/mol. The van der Waals surface area contributed by atoms with Crippen LogP contribution in [0.25, 0.3) is 11.3 Å². The minimum Gasteiger partial charge on any atom is -0.396 e. The average Bonchev–Trinajstić information content (AvgIpc) is 3.05. The number of nitrogens with zero attached hydrogens (tertiary/aromatic N) is 2. The lowest BCUT2D eigenvalue weighted by atomic mass is 10.1. The lowest BCUT2D eigenvalue weighted by Crippen LogP contribution is -2.38. The maximum Gasteiger partial charge on any atom is 0.256 e. The van der Waals surface area contributed by atoms with Gasteiger partial charge in [-0.05, 0) is 12.5 Å². The summed E-state index contributed by atoms with van der Waals surface area (Å²) in [6, 6.07) is 10.9. The van der Waals surface area contributed by atoms with Crippen molar-refractivity contribution in [3.05, 3.63) is 48.2 Å². The molecule has 6 nitrogen and oxygen atoms in total. The highest BCUT2D eigenvalue weighted by molar-refractivity contribution is 6.02. The van der Waals surface area contributed by atoms with Crippen molar-refractivity contribution in [3.8, 4) is 11.3 Å². The number of amides is 1. The Balaban J connectivity index is 1.94. The van der Waals surface area contributed by atoms with Crippen LogP contribution in [0.5, 0.6) is 0 Å². The van der Waals surface area contributed by atoms with Crippen molar-refractivity contribution < 1.29 is 14.6 Å². The summed E-state index contributed by atoms with van der Waals surface area (Å²) in [4.78, 5) is 18.9. The first-order valence-electron chi connectivity index (χ1n) is 7.90. The zero-order valence-corrected chi connectivity index (χ0v) is 13.6. The number of likely N-dealkylation sites (tertiary alicyclic amines) is 1. The lowest BCUT2D eigenvalue weighted by molar-refractivity contribution is 0.0649. The molecule has 0 aliphatic carbocycles. The average molecular weight is 327 g/mol. The number of methoxy groups -OCH3 is 1. The number of rotatable bonds is 4. The summed E-state index contributed by atoms with van der Waals surface area (Å²) in [5.41, 5.74) is 8.44. The number of aliphatic hydroxyl groups is 1. The van der Waals surface area contributed by atoms with Crippen LogP contribution in [-0.4, -0.2) is 53.3 Å². The van der Waals surface area contributed by atoms with E-state index < -0.39 is 0 Å². The molecule has 2 heterocycles. The fraction of sp³-hybridized carbons (Fsp3) is 0.333. The molecule has 2 aromatic rings. The van der Waals surface area contributed by atoms with Crippen LogP contribution in [0.4, 0.5) is 5.69 Å². The minimum atomic E-state index is -0.254. The third-order valence-corrected chi connectivity index (χ3v) is 4.45. The molecule has 1 aromatic heterocycles. The summed E-state index contributed by atoms with van der Waals surface area (Å²) >= 11 is 0. The molecule has 0 bridgehead atoms. The maximum absolute atomic E-state index is 12.9. The van der Waals surface area contributed by atoms with Crippen LogP contribution in [0.15, 0.2) is 42.6 Å². The molecule has 2 atom stereocenters. The molecule has 24 heavy (non-hydrogen) atoms. The summed E-state index contributed by atoms with van der Waals surface area (Å²) < 4.78 is 5.33. The normalized spacial score (nSPS) is 20.3. The number of nitrogens with two attached hydrogens (primary N) is 1. The second kappa shape index (κ2) is 6.98. The number of hydrogen-bond donors (Lipinski definition) is 2. The Hall–Kier alpha value is -2.44. The third kappa shape index (κ3) is 2.98. The number of benzene rings is 1. The van der Waals surface area contributed by atoms with Crippen LogP contribution < -0.4 is 5.73 Å². The number of nitrogen functional groups attached to an aromatic ring is 1. The molecule has 1 fully saturated rings. The molecule has 126 valence electrons. The summed E-state index contributed by atoms with van der Waals surface area (Å²) in [6.45, 7) is 0.352. The van der Waals surface area contributed by atoms with Gasteiger partial charge in [-0.15, -0.1) is 0 Å². The first kappa shape index (κ1) is 16.4. The molecule has 0 saturated carbocycles. The number of pyridine rings is 1. The molecule has 3 rings (SSSR count). The molecule has 6 heteroatoms. The molecule has 1 aliphatic heterocycles. The van der Waals surface area contributed by atoms with Gasteiger partial charge in [-0.25, -0.2) is 0 Å². The first-order valence-corrected chi connectivity index (χ1v) is 7.90. The van der Waals surface area contributed by atoms with Gasteiger partial charge in [0.05, 0.1) is 35.7 Å². The van der Waals surface area contributed by atoms with Gasteiger partial charge in [-0.1, -0.05) is 30.3 Å². The number of aliphatic hydroxyl groups excluding tert-OH is 1. The van der Waals surface area contributed by atoms with Gasteiger partial charge in [0.15, 0.2) is 0 Å². The number of carbonyl (C=O) groups is 1. The molecule has 0 unspecified atom stereocenters. The van der Waals surface area contributed by atoms with Crippen LogP contribution in [-0.2, 0) is 4.74 Å². The van der Waals surface area contributed by atoms with E-state index in [9.17, 15) is 9.90 Å². The smallest absolute Gasteiger partial charge is 0.256 e. The number of hydrogen-bond acceptors (Lipinski definition) is 5. The van der Waals surface area contributed by atoms with Gasteiger partial charge in [0.2, 0.25) is 0 Å². The molecular formula is C18H21N3O3. The summed E-state index contributed by atoms with van der Waals surface area (Å²) in [5, 5.41) is 9.55. The van der Waals surface area contributed by atoms with Crippen molar-refractivity contribution in [2.45, 2.75) is 18.6 Å². The standard InChI is InChI=1S/C18H21N3O3/c1-24-14-9-13(11-22)21(10-14)18(23)15-7-8-20-17(16(15)19)12-5-3-2-4-6-12/h2-8,13-14,22H,9-11,19H2,1H3/t13-,14+/m0/s1. The Morgan fingerprint density at radius 1 is 1.38 bits per heavy atom. The van der Waals surface area contributed by atoms with Crippen molar-refractivity contribution in [2.24, 2.45) is 0 Å². The zero-order chi connectivity index (χ0) is 17.1. The van der Waals surface area contributed by atoms with Crippen molar-refractivity contribution in [2.75, 3.05) is 26.0 Å². The third-order valence-electron chi connectivity index (χ3n) is 4.45. The summed E-state index contributed by atoms with van der Waals surface area (Å²) in [5.74, 6) is -0.203. The highest BCUT2D eigenvalue weighted by atomic mass is 16.5. The first-order chi connectivity index (χ1) is 11.7. The molecule has 1 saturated heterocycles. The molecule has 1 aromatic carbocycles. The summed E-state index contributed by atoms with van der Waals surface area (Å²) in [6.07, 6.45) is 2.14.